The van der Waals surface area contributed by atoms with Gasteiger partial charge in [0.05, 0.1) is 9.79 Å². The van der Waals surface area contributed by atoms with Crippen molar-refractivity contribution in [2.24, 2.45) is 0 Å². The van der Waals surface area contributed by atoms with Crippen molar-refractivity contribution in [2.45, 2.75) is 16.7 Å². The lowest BCUT2D eigenvalue weighted by molar-refractivity contribution is 0.461. The van der Waals surface area contributed by atoms with Crippen LogP contribution in [0.25, 0.3) is 33.4 Å². The van der Waals surface area contributed by atoms with Gasteiger partial charge in [0, 0.05) is 28.1 Å². The van der Waals surface area contributed by atoms with Gasteiger partial charge in [-0.3, -0.25) is 4.79 Å². The smallest absolute Gasteiger partial charge is 0.182 e. The molecule has 0 saturated carbocycles. The van der Waals surface area contributed by atoms with E-state index in [1.807, 2.05) is 6.92 Å². The van der Waals surface area contributed by atoms with Gasteiger partial charge in [0.15, 0.2) is 5.43 Å². The third-order valence-electron chi connectivity index (χ3n) is 4.63. The van der Waals surface area contributed by atoms with Crippen LogP contribution < -0.4 is 5.43 Å². The fourth-order valence-corrected chi connectivity index (χ4v) is 4.62. The molecule has 10 heteroatoms. The zero-order valence-electron chi connectivity index (χ0n) is 15.3. The lowest BCUT2D eigenvalue weighted by Crippen LogP contribution is -2.07. The van der Waals surface area contributed by atoms with Gasteiger partial charge in [-0.25, -0.2) is 16.8 Å². The van der Waals surface area contributed by atoms with Crippen molar-refractivity contribution in [1.29, 1.82) is 0 Å². The molecule has 2 aromatic carbocycles. The van der Waals surface area contributed by atoms with Gasteiger partial charge in [-0.05, 0) is 42.8 Å². The maximum Gasteiger partial charge on any atom is 0.182 e. The summed E-state index contributed by atoms with van der Waals surface area (Å²) in [5.41, 5.74) is 1.32. The van der Waals surface area contributed by atoms with E-state index in [1.165, 1.54) is 18.2 Å². The van der Waals surface area contributed by atoms with Gasteiger partial charge in [-0.1, -0.05) is 18.2 Å². The predicted octanol–water partition coefficient (Wildman–Crippen LogP) is 2.68. The van der Waals surface area contributed by atoms with Crippen molar-refractivity contribution >= 4 is 31.2 Å². The van der Waals surface area contributed by atoms with Crippen molar-refractivity contribution < 1.29 is 30.4 Å². The topological polar surface area (TPSA) is 145 Å². The quantitative estimate of drug-likeness (QED) is 0.346. The van der Waals surface area contributed by atoms with E-state index < -0.39 is 30.0 Å². The molecule has 0 amide bonds. The number of fused-ring (bicyclic) bond motifs is 2. The molecule has 0 spiro atoms. The van der Waals surface area contributed by atoms with Crippen LogP contribution >= 0.6 is 0 Å². The second-order valence-corrected chi connectivity index (χ2v) is 9.43. The number of hydrogen-bond acceptors (Lipinski definition) is 8. The van der Waals surface area contributed by atoms with E-state index in [9.17, 15) is 30.7 Å². The number of aryl methyl sites for hydroxylation is 1. The molecule has 0 saturated heterocycles. The Morgan fingerprint density at radius 1 is 0.800 bits per heavy atom. The minimum atomic E-state index is -5.16. The van der Waals surface area contributed by atoms with Gasteiger partial charge in [0.25, 0.3) is 0 Å². The molecule has 0 bridgehead atoms. The minimum absolute atomic E-state index is 0.106. The molecule has 0 N–H and O–H groups in total. The first-order valence-corrected chi connectivity index (χ1v) is 11.3. The van der Waals surface area contributed by atoms with Crippen LogP contribution in [0, 0.1) is 6.92 Å². The number of benzene rings is 3. The molecule has 30 heavy (non-hydrogen) atoms. The predicted molar refractivity (Wildman–Crippen MR) is 105 cm³/mol. The van der Waals surface area contributed by atoms with Gasteiger partial charge >= 0.3 is 0 Å². The first-order valence-electron chi connectivity index (χ1n) is 8.48. The molecule has 2 aromatic rings. The lowest BCUT2D eigenvalue weighted by atomic mass is 9.93. The Bertz CT molecular complexity index is 1560. The van der Waals surface area contributed by atoms with Crippen LogP contribution in [-0.4, -0.2) is 25.9 Å². The summed E-state index contributed by atoms with van der Waals surface area (Å²) < 4.78 is 75.8. The van der Waals surface area contributed by atoms with Crippen LogP contribution in [0.4, 0.5) is 0 Å². The molecule has 0 radical (unpaired) electrons. The summed E-state index contributed by atoms with van der Waals surface area (Å²) >= 11 is 0. The zero-order valence-corrected chi connectivity index (χ0v) is 16.9. The molecule has 0 aromatic heterocycles. The fraction of sp³-hybridized carbons (Fsp3) is 0.0500. The number of rotatable bonds is 3. The summed E-state index contributed by atoms with van der Waals surface area (Å²) in [5, 5.41) is 0.439. The molecule has 0 fully saturated rings. The van der Waals surface area contributed by atoms with Gasteiger partial charge in [0.2, 0.25) is 0 Å². The van der Waals surface area contributed by atoms with E-state index in [0.717, 1.165) is 17.7 Å². The van der Waals surface area contributed by atoms with Crippen LogP contribution in [0.1, 0.15) is 5.56 Å². The highest BCUT2D eigenvalue weighted by molar-refractivity contribution is 7.86. The minimum Gasteiger partial charge on any atom is -0.744 e. The van der Waals surface area contributed by atoms with Crippen molar-refractivity contribution in [3.8, 4) is 22.5 Å². The van der Waals surface area contributed by atoms with E-state index in [-0.39, 0.29) is 22.3 Å². The monoisotopic (exact) mass is 444 g/mol. The van der Waals surface area contributed by atoms with Crippen LogP contribution in [0.15, 0.2) is 73.6 Å². The van der Waals surface area contributed by atoms with Gasteiger partial charge in [-0.2, -0.15) is 0 Å². The van der Waals surface area contributed by atoms with Gasteiger partial charge in [-0.15, -0.1) is 0 Å². The van der Waals surface area contributed by atoms with Gasteiger partial charge < -0.3 is 13.5 Å². The highest BCUT2D eigenvalue weighted by Gasteiger charge is 2.22. The third kappa shape index (κ3) is 3.50. The molecular formula is C20H12O8S2-2. The third-order valence-corrected chi connectivity index (χ3v) is 6.34. The lowest BCUT2D eigenvalue weighted by Gasteiger charge is -2.20. The van der Waals surface area contributed by atoms with Crippen LogP contribution in [0.2, 0.25) is 0 Å². The van der Waals surface area contributed by atoms with Crippen molar-refractivity contribution in [1.82, 2.24) is 0 Å². The molecule has 0 unspecified atom stereocenters. The Labute approximate surface area is 171 Å². The second kappa shape index (κ2) is 6.74. The second-order valence-electron chi connectivity index (χ2n) is 6.70. The Hall–Kier alpha value is -3.05. The van der Waals surface area contributed by atoms with E-state index in [1.54, 1.807) is 18.2 Å². The van der Waals surface area contributed by atoms with Gasteiger partial charge in [0.1, 0.15) is 31.6 Å². The van der Waals surface area contributed by atoms with Crippen molar-refractivity contribution in [2.75, 3.05) is 0 Å². The Balaban J connectivity index is 2.22. The summed E-state index contributed by atoms with van der Waals surface area (Å²) in [6.45, 7) is 1.81. The molecule has 1 heterocycles. The first kappa shape index (κ1) is 20.2. The standard InChI is InChI=1S/C20H14O8S2/c1-11-2-5-14-17(8-11)28-18-9-12(21)3-6-15(18)20(14)16-7-4-13(29(22,23)24)10-19(16)30(25,26)27/h2-10H,1H3,(H,22,23,24)(H,25,26,27)/p-2. The Morgan fingerprint density at radius 2 is 1.50 bits per heavy atom. The first-order chi connectivity index (χ1) is 13.9. The summed E-state index contributed by atoms with van der Waals surface area (Å²) in [7, 11) is -10.2. The summed E-state index contributed by atoms with van der Waals surface area (Å²) in [6, 6.07) is 11.6. The molecule has 0 atom stereocenters. The Kier molecular flexibility index (Phi) is 4.55. The summed E-state index contributed by atoms with van der Waals surface area (Å²) in [5.74, 6) is 0.158. The van der Waals surface area contributed by atoms with E-state index in [0.29, 0.717) is 22.6 Å². The highest BCUT2D eigenvalue weighted by Crippen LogP contribution is 2.42. The Morgan fingerprint density at radius 3 is 2.17 bits per heavy atom. The van der Waals surface area contributed by atoms with Crippen LogP contribution in [0.3, 0.4) is 0 Å². The maximum absolute atomic E-state index is 12.0. The zero-order chi connectivity index (χ0) is 21.8. The van der Waals surface area contributed by atoms with Crippen LogP contribution in [0.5, 0.6) is 0 Å². The summed E-state index contributed by atoms with van der Waals surface area (Å²) in [4.78, 5) is 10.1. The largest absolute Gasteiger partial charge is 0.744 e. The summed E-state index contributed by atoms with van der Waals surface area (Å²) in [6.07, 6.45) is 0. The fourth-order valence-electron chi connectivity index (χ4n) is 3.34. The van der Waals surface area contributed by atoms with E-state index in [4.69, 9.17) is 4.42 Å². The van der Waals surface area contributed by atoms with E-state index >= 15 is 0 Å². The molecule has 2 aliphatic rings. The highest BCUT2D eigenvalue weighted by atomic mass is 32.2. The van der Waals surface area contributed by atoms with E-state index in [2.05, 4.69) is 0 Å². The average Bonchev–Trinajstić information content (AvgIpc) is 2.64. The maximum atomic E-state index is 12.0. The molecule has 154 valence electrons. The van der Waals surface area contributed by atoms with Crippen LogP contribution in [-0.2, 0) is 20.2 Å². The SMILES string of the molecule is Cc1ccc2c(-c3ccc(S(=O)(=O)[O-])cc3S(=O)(=O)[O-])c3ccc(=O)cc-3oc2c1. The normalized spacial score (nSPS) is 12.5. The number of hydrogen-bond donors (Lipinski definition) is 0. The average molecular weight is 444 g/mol. The molecular weight excluding hydrogens is 432 g/mol. The molecule has 1 aliphatic heterocycles. The molecule has 8 nitrogen and oxygen atoms in total. The van der Waals surface area contributed by atoms with Crippen molar-refractivity contribution in [3.05, 3.63) is 70.4 Å². The molecule has 1 aliphatic carbocycles. The van der Waals surface area contributed by atoms with Crippen molar-refractivity contribution in [3.63, 3.8) is 0 Å². The molecule has 4 rings (SSSR count).